The van der Waals surface area contributed by atoms with Crippen LogP contribution in [0.1, 0.15) is 21.7 Å². The topological polar surface area (TPSA) is 65.4 Å². The van der Waals surface area contributed by atoms with Crippen molar-refractivity contribution in [3.8, 4) is 17.2 Å². The highest BCUT2D eigenvalue weighted by Gasteiger charge is 2.19. The third-order valence-electron chi connectivity index (χ3n) is 4.30. The molecule has 3 aromatic rings. The summed E-state index contributed by atoms with van der Waals surface area (Å²) in [7, 11) is 3.03. The summed E-state index contributed by atoms with van der Waals surface area (Å²) in [4.78, 5) is 17.1. The first-order valence-electron chi connectivity index (χ1n) is 8.28. The van der Waals surface area contributed by atoms with Crippen molar-refractivity contribution < 1.29 is 14.3 Å². The van der Waals surface area contributed by atoms with Crippen molar-refractivity contribution in [3.05, 3.63) is 64.7 Å². The minimum absolute atomic E-state index is 0.249. The lowest BCUT2D eigenvalue weighted by molar-refractivity contribution is 0.102. The van der Waals surface area contributed by atoms with Gasteiger partial charge in [0.05, 0.1) is 42.4 Å². The highest BCUT2D eigenvalue weighted by Crippen LogP contribution is 2.36. The minimum Gasteiger partial charge on any atom is -0.495 e. The van der Waals surface area contributed by atoms with Crippen molar-refractivity contribution in [1.82, 2.24) is 9.55 Å². The first-order chi connectivity index (χ1) is 13.0. The maximum atomic E-state index is 12.9. The summed E-state index contributed by atoms with van der Waals surface area (Å²) in [6.07, 6.45) is 3.47. The van der Waals surface area contributed by atoms with Gasteiger partial charge in [-0.15, -0.1) is 0 Å². The lowest BCUT2D eigenvalue weighted by Crippen LogP contribution is -2.14. The molecule has 1 aromatic carbocycles. The number of ether oxygens (including phenoxy) is 2. The van der Waals surface area contributed by atoms with Crippen molar-refractivity contribution in [2.75, 3.05) is 19.5 Å². The largest absolute Gasteiger partial charge is 0.495 e. The molecular weight excluding hydrogens is 366 g/mol. The predicted molar refractivity (Wildman–Crippen MR) is 106 cm³/mol. The summed E-state index contributed by atoms with van der Waals surface area (Å²) in [5.74, 6) is 0.657. The lowest BCUT2D eigenvalue weighted by Gasteiger charge is -2.13. The van der Waals surface area contributed by atoms with Gasteiger partial charge in [0.15, 0.2) is 0 Å². The highest BCUT2D eigenvalue weighted by atomic mass is 35.5. The summed E-state index contributed by atoms with van der Waals surface area (Å²) in [5.41, 5.74) is 3.70. The molecule has 0 aliphatic rings. The number of aryl methyl sites for hydroxylation is 1. The molecule has 3 rings (SSSR count). The average molecular weight is 386 g/mol. The molecule has 0 aliphatic heterocycles. The second-order valence-electron chi connectivity index (χ2n) is 5.97. The number of aromatic nitrogens is 2. The van der Waals surface area contributed by atoms with Crippen LogP contribution in [-0.2, 0) is 0 Å². The zero-order valence-corrected chi connectivity index (χ0v) is 16.3. The molecular formula is C20H20ClN3O3. The number of pyridine rings is 1. The molecule has 6 nitrogen and oxygen atoms in total. The smallest absolute Gasteiger partial charge is 0.257 e. The van der Waals surface area contributed by atoms with Gasteiger partial charge in [-0.2, -0.15) is 0 Å². The van der Waals surface area contributed by atoms with E-state index >= 15 is 0 Å². The van der Waals surface area contributed by atoms with Crippen molar-refractivity contribution in [1.29, 1.82) is 0 Å². The Kier molecular flexibility index (Phi) is 5.37. The molecule has 0 fully saturated rings. The second-order valence-corrected chi connectivity index (χ2v) is 6.38. The number of methoxy groups -OCH3 is 2. The van der Waals surface area contributed by atoms with Crippen molar-refractivity contribution in [2.45, 2.75) is 13.8 Å². The Balaban J connectivity index is 1.97. The molecule has 0 aliphatic carbocycles. The van der Waals surface area contributed by atoms with E-state index in [0.717, 1.165) is 17.1 Å². The number of nitrogens with zero attached hydrogens (tertiary/aromatic N) is 2. The van der Waals surface area contributed by atoms with E-state index in [4.69, 9.17) is 21.1 Å². The van der Waals surface area contributed by atoms with Crippen LogP contribution >= 0.6 is 11.6 Å². The molecule has 0 unspecified atom stereocenters. The van der Waals surface area contributed by atoms with E-state index in [1.54, 1.807) is 24.5 Å². The summed E-state index contributed by atoms with van der Waals surface area (Å²) in [5, 5.41) is 3.29. The molecule has 7 heteroatoms. The van der Waals surface area contributed by atoms with E-state index in [9.17, 15) is 4.79 Å². The molecule has 0 radical (unpaired) electrons. The number of benzene rings is 1. The number of hydrogen-bond donors (Lipinski definition) is 1. The number of anilines is 1. The van der Waals surface area contributed by atoms with Crippen LogP contribution in [0.5, 0.6) is 11.5 Å². The van der Waals surface area contributed by atoms with Gasteiger partial charge in [0, 0.05) is 29.7 Å². The Morgan fingerprint density at radius 1 is 1.15 bits per heavy atom. The van der Waals surface area contributed by atoms with Crippen molar-refractivity contribution in [3.63, 3.8) is 0 Å². The molecule has 1 amide bonds. The maximum absolute atomic E-state index is 12.9. The van der Waals surface area contributed by atoms with Gasteiger partial charge in [-0.05, 0) is 32.0 Å². The van der Waals surface area contributed by atoms with E-state index in [1.165, 1.54) is 14.2 Å². The average Bonchev–Trinajstić information content (AvgIpc) is 2.97. The SMILES string of the molecule is COc1cc(NC(=O)c2cc(C)n(-c3cccnc3)c2C)c(OC)cc1Cl. The first kappa shape index (κ1) is 18.8. The van der Waals surface area contributed by atoms with Crippen LogP contribution in [0.25, 0.3) is 5.69 Å². The Morgan fingerprint density at radius 2 is 1.89 bits per heavy atom. The van der Waals surface area contributed by atoms with Gasteiger partial charge < -0.3 is 19.4 Å². The van der Waals surface area contributed by atoms with Gasteiger partial charge in [-0.25, -0.2) is 0 Å². The number of amides is 1. The molecule has 2 aromatic heterocycles. The Hall–Kier alpha value is -2.99. The van der Waals surface area contributed by atoms with Crippen LogP contribution < -0.4 is 14.8 Å². The van der Waals surface area contributed by atoms with E-state index < -0.39 is 0 Å². The molecule has 0 bridgehead atoms. The number of hydrogen-bond acceptors (Lipinski definition) is 4. The molecule has 0 saturated heterocycles. The van der Waals surface area contributed by atoms with Crippen LogP contribution in [0, 0.1) is 13.8 Å². The molecule has 1 N–H and O–H groups in total. The molecule has 140 valence electrons. The molecule has 0 spiro atoms. The van der Waals surface area contributed by atoms with Gasteiger partial charge in [-0.3, -0.25) is 9.78 Å². The van der Waals surface area contributed by atoms with Gasteiger partial charge >= 0.3 is 0 Å². The number of rotatable bonds is 5. The summed E-state index contributed by atoms with van der Waals surface area (Å²) in [6, 6.07) is 8.90. The highest BCUT2D eigenvalue weighted by molar-refractivity contribution is 6.32. The molecule has 2 heterocycles. The van der Waals surface area contributed by atoms with Gasteiger partial charge in [0.25, 0.3) is 5.91 Å². The fraction of sp³-hybridized carbons (Fsp3) is 0.200. The molecule has 0 saturated carbocycles. The summed E-state index contributed by atoms with van der Waals surface area (Å²) < 4.78 is 12.5. The van der Waals surface area contributed by atoms with Crippen LogP contribution in [0.4, 0.5) is 5.69 Å². The van der Waals surface area contributed by atoms with Crippen LogP contribution in [0.2, 0.25) is 5.02 Å². The van der Waals surface area contributed by atoms with Gasteiger partial charge in [0.2, 0.25) is 0 Å². The summed E-state index contributed by atoms with van der Waals surface area (Å²) in [6.45, 7) is 3.84. The van der Waals surface area contributed by atoms with E-state index in [2.05, 4.69) is 10.3 Å². The quantitative estimate of drug-likeness (QED) is 0.706. The number of halogens is 1. The second kappa shape index (κ2) is 7.72. The van der Waals surface area contributed by atoms with Gasteiger partial charge in [0.1, 0.15) is 11.5 Å². The predicted octanol–water partition coefficient (Wildman–Crippen LogP) is 4.41. The molecule has 0 atom stereocenters. The van der Waals surface area contributed by atoms with E-state index in [0.29, 0.717) is 27.8 Å². The van der Waals surface area contributed by atoms with Crippen LogP contribution in [0.15, 0.2) is 42.7 Å². The van der Waals surface area contributed by atoms with Crippen LogP contribution in [0.3, 0.4) is 0 Å². The normalized spacial score (nSPS) is 10.6. The van der Waals surface area contributed by atoms with Crippen LogP contribution in [-0.4, -0.2) is 29.7 Å². The Morgan fingerprint density at radius 3 is 2.52 bits per heavy atom. The van der Waals surface area contributed by atoms with Gasteiger partial charge in [-0.1, -0.05) is 11.6 Å². The Bertz CT molecular complexity index is 984. The minimum atomic E-state index is -0.249. The first-order valence-corrected chi connectivity index (χ1v) is 8.66. The Labute approximate surface area is 162 Å². The van der Waals surface area contributed by atoms with Crippen molar-refractivity contribution >= 4 is 23.2 Å². The van der Waals surface area contributed by atoms with E-state index in [-0.39, 0.29) is 5.91 Å². The summed E-state index contributed by atoms with van der Waals surface area (Å²) >= 11 is 6.12. The third-order valence-corrected chi connectivity index (χ3v) is 4.60. The number of nitrogens with one attached hydrogen (secondary N) is 1. The monoisotopic (exact) mass is 385 g/mol. The number of carbonyl (C=O) groups excluding carboxylic acids is 1. The maximum Gasteiger partial charge on any atom is 0.257 e. The third kappa shape index (κ3) is 3.61. The van der Waals surface area contributed by atoms with E-state index in [1.807, 2.05) is 36.6 Å². The standard InChI is InChI=1S/C20H20ClN3O3/c1-12-8-15(13(2)24(12)14-6-5-7-22-11-14)20(25)23-17-10-18(26-3)16(21)9-19(17)27-4/h5-11H,1-4H3,(H,23,25). The van der Waals surface area contributed by atoms with Crippen molar-refractivity contribution in [2.24, 2.45) is 0 Å². The fourth-order valence-electron chi connectivity index (χ4n) is 3.02. The zero-order valence-electron chi connectivity index (χ0n) is 15.5. The molecule has 27 heavy (non-hydrogen) atoms. The lowest BCUT2D eigenvalue weighted by atomic mass is 10.2. The fourth-order valence-corrected chi connectivity index (χ4v) is 3.25. The number of carbonyl (C=O) groups is 1. The zero-order chi connectivity index (χ0) is 19.6.